The van der Waals surface area contributed by atoms with E-state index in [1.165, 1.54) is 0 Å². The van der Waals surface area contributed by atoms with Crippen LogP contribution in [0, 0.1) is 0 Å². The van der Waals surface area contributed by atoms with Gasteiger partial charge in [-0.3, -0.25) is 20.2 Å². The van der Waals surface area contributed by atoms with Crippen LogP contribution in [0.15, 0.2) is 0 Å². The lowest BCUT2D eigenvalue weighted by Crippen LogP contribution is -2.52. The smallest absolute Gasteiger partial charge is 0.295 e. The second kappa shape index (κ2) is 2.94. The van der Waals surface area contributed by atoms with E-state index in [9.17, 15) is 22.8 Å². The van der Waals surface area contributed by atoms with E-state index in [2.05, 4.69) is 5.32 Å². The number of alkyl halides is 3. The van der Waals surface area contributed by atoms with Gasteiger partial charge in [0.15, 0.2) is 0 Å². The molecule has 1 heterocycles. The van der Waals surface area contributed by atoms with Gasteiger partial charge in [0.25, 0.3) is 0 Å². The van der Waals surface area contributed by atoms with E-state index >= 15 is 0 Å². The summed E-state index contributed by atoms with van der Waals surface area (Å²) < 4.78 is 37.5. The fraction of sp³-hybridized carbons (Fsp3) is 0.750. The lowest BCUT2D eigenvalue weighted by molar-refractivity contribution is -0.168. The van der Waals surface area contributed by atoms with Crippen molar-refractivity contribution in [2.45, 2.75) is 37.0 Å². The van der Waals surface area contributed by atoms with Crippen molar-refractivity contribution < 1.29 is 22.8 Å². The highest BCUT2D eigenvalue weighted by molar-refractivity contribution is 6.05. The molecule has 1 aliphatic carbocycles. The van der Waals surface area contributed by atoms with Crippen molar-refractivity contribution in [2.75, 3.05) is 0 Å². The molecule has 1 aliphatic heterocycles. The van der Waals surface area contributed by atoms with Crippen molar-refractivity contribution in [3.05, 3.63) is 0 Å². The molecule has 2 rings (SSSR count). The molecule has 4 nitrogen and oxygen atoms in total. The molecule has 2 fully saturated rings. The van der Waals surface area contributed by atoms with Crippen LogP contribution in [0.2, 0.25) is 0 Å². The predicted octanol–water partition coefficient (Wildman–Crippen LogP) is 0.0860. The van der Waals surface area contributed by atoms with Gasteiger partial charge >= 0.3 is 6.18 Å². The third-order valence-electron chi connectivity index (χ3n) is 2.71. The molecule has 2 amide bonds. The van der Waals surface area contributed by atoms with Gasteiger partial charge in [-0.15, -0.1) is 0 Å². The molecule has 1 unspecified atom stereocenters. The van der Waals surface area contributed by atoms with Crippen molar-refractivity contribution in [1.82, 2.24) is 10.6 Å². The van der Waals surface area contributed by atoms with Gasteiger partial charge < -0.3 is 0 Å². The predicted molar refractivity (Wildman–Crippen MR) is 42.7 cm³/mol. The molecule has 0 radical (unpaired) electrons. The summed E-state index contributed by atoms with van der Waals surface area (Å²) in [5, 5.41) is 4.19. The first-order chi connectivity index (χ1) is 6.84. The number of hydrogen-bond acceptors (Lipinski definition) is 3. The molecule has 84 valence electrons. The lowest BCUT2D eigenvalue weighted by atomic mass is 10.1. The zero-order valence-corrected chi connectivity index (χ0v) is 7.65. The normalized spacial score (nSPS) is 29.1. The van der Waals surface area contributed by atoms with Crippen molar-refractivity contribution in [1.29, 1.82) is 0 Å². The maximum absolute atomic E-state index is 12.5. The molecule has 1 atom stereocenters. The van der Waals surface area contributed by atoms with E-state index < -0.39 is 29.6 Å². The number of carbonyl (C=O) groups excluding carboxylic acids is 2. The standard InChI is InChI=1S/C8H9F3N2O2/c9-8(10,11)7(1-2-7)13-4-3-5(14)12-6(4)15/h4,13H,1-3H2,(H,12,14,15). The van der Waals surface area contributed by atoms with Crippen LogP contribution in [0.5, 0.6) is 0 Å². The van der Waals surface area contributed by atoms with Crippen molar-refractivity contribution in [3.63, 3.8) is 0 Å². The van der Waals surface area contributed by atoms with Crippen LogP contribution in [0.3, 0.4) is 0 Å². The number of carbonyl (C=O) groups is 2. The monoisotopic (exact) mass is 222 g/mol. The van der Waals surface area contributed by atoms with Gasteiger partial charge in [-0.25, -0.2) is 0 Å². The average molecular weight is 222 g/mol. The minimum absolute atomic E-state index is 0.0333. The Morgan fingerprint density at radius 3 is 2.27 bits per heavy atom. The first kappa shape index (κ1) is 10.4. The summed E-state index contributed by atoms with van der Waals surface area (Å²) in [6.07, 6.45) is -4.64. The largest absolute Gasteiger partial charge is 0.406 e. The molecule has 2 aliphatic rings. The van der Waals surface area contributed by atoms with Crippen molar-refractivity contribution >= 4 is 11.8 Å². The second-order valence-corrected chi connectivity index (χ2v) is 3.89. The Labute approximate surface area is 83.2 Å². The Kier molecular flexibility index (Phi) is 2.04. The molecule has 0 aromatic rings. The third kappa shape index (κ3) is 1.71. The summed E-state index contributed by atoms with van der Waals surface area (Å²) >= 11 is 0. The van der Waals surface area contributed by atoms with E-state index in [1.54, 1.807) is 0 Å². The molecule has 7 heteroatoms. The minimum atomic E-state index is -4.36. The highest BCUT2D eigenvalue weighted by Crippen LogP contribution is 2.49. The summed E-state index contributed by atoms with van der Waals surface area (Å²) in [6, 6.07) is -1.04. The molecule has 0 spiro atoms. The molecule has 1 saturated heterocycles. The first-order valence-electron chi connectivity index (χ1n) is 4.52. The fourth-order valence-electron chi connectivity index (χ4n) is 1.64. The zero-order chi connectivity index (χ0) is 11.3. The number of imide groups is 1. The van der Waals surface area contributed by atoms with Gasteiger partial charge in [-0.05, 0) is 12.8 Å². The van der Waals surface area contributed by atoms with Crippen LogP contribution in [0.1, 0.15) is 19.3 Å². The van der Waals surface area contributed by atoms with Crippen molar-refractivity contribution in [3.8, 4) is 0 Å². The number of amides is 2. The van der Waals surface area contributed by atoms with E-state index in [4.69, 9.17) is 0 Å². The Morgan fingerprint density at radius 1 is 1.33 bits per heavy atom. The van der Waals surface area contributed by atoms with E-state index in [-0.39, 0.29) is 19.3 Å². The molecule has 0 aromatic carbocycles. The van der Waals surface area contributed by atoms with Crippen LogP contribution in [0.25, 0.3) is 0 Å². The number of hydrogen-bond donors (Lipinski definition) is 2. The average Bonchev–Trinajstić information content (AvgIpc) is 2.76. The fourth-order valence-corrected chi connectivity index (χ4v) is 1.64. The van der Waals surface area contributed by atoms with Gasteiger partial charge in [0.2, 0.25) is 11.8 Å². The number of halogens is 3. The van der Waals surface area contributed by atoms with Crippen LogP contribution in [-0.2, 0) is 9.59 Å². The van der Waals surface area contributed by atoms with E-state index in [0.29, 0.717) is 0 Å². The van der Waals surface area contributed by atoms with Gasteiger partial charge in [-0.1, -0.05) is 0 Å². The summed E-state index contributed by atoms with van der Waals surface area (Å²) in [7, 11) is 0. The first-order valence-corrected chi connectivity index (χ1v) is 4.52. The lowest BCUT2D eigenvalue weighted by Gasteiger charge is -2.23. The molecular formula is C8H9F3N2O2. The maximum atomic E-state index is 12.5. The summed E-state index contributed by atoms with van der Waals surface area (Å²) in [6.45, 7) is 0. The van der Waals surface area contributed by atoms with Crippen LogP contribution in [0.4, 0.5) is 13.2 Å². The summed E-state index contributed by atoms with van der Waals surface area (Å²) in [5.41, 5.74) is -1.94. The van der Waals surface area contributed by atoms with Gasteiger partial charge in [-0.2, -0.15) is 13.2 Å². The second-order valence-electron chi connectivity index (χ2n) is 3.89. The van der Waals surface area contributed by atoms with Crippen LogP contribution in [-0.4, -0.2) is 29.6 Å². The molecule has 0 bridgehead atoms. The van der Waals surface area contributed by atoms with E-state index in [0.717, 1.165) is 0 Å². The third-order valence-corrected chi connectivity index (χ3v) is 2.71. The van der Waals surface area contributed by atoms with Crippen LogP contribution < -0.4 is 10.6 Å². The highest BCUT2D eigenvalue weighted by Gasteiger charge is 2.64. The minimum Gasteiger partial charge on any atom is -0.295 e. The Morgan fingerprint density at radius 2 is 1.93 bits per heavy atom. The SMILES string of the molecule is O=C1CC(NC2(C(F)(F)F)CC2)C(=O)N1. The molecule has 15 heavy (non-hydrogen) atoms. The number of nitrogens with one attached hydrogen (secondary N) is 2. The Bertz CT molecular complexity index is 322. The zero-order valence-electron chi connectivity index (χ0n) is 7.65. The molecule has 0 aromatic heterocycles. The van der Waals surface area contributed by atoms with Gasteiger partial charge in [0, 0.05) is 0 Å². The Hall–Kier alpha value is -1.11. The van der Waals surface area contributed by atoms with Crippen LogP contribution >= 0.6 is 0 Å². The number of rotatable bonds is 2. The molecule has 1 saturated carbocycles. The topological polar surface area (TPSA) is 58.2 Å². The van der Waals surface area contributed by atoms with Gasteiger partial charge in [0.1, 0.15) is 5.54 Å². The van der Waals surface area contributed by atoms with Crippen molar-refractivity contribution in [2.24, 2.45) is 0 Å². The molecular weight excluding hydrogens is 213 g/mol. The quantitative estimate of drug-likeness (QED) is 0.651. The molecule has 2 N–H and O–H groups in total. The maximum Gasteiger partial charge on any atom is 0.406 e. The van der Waals surface area contributed by atoms with E-state index in [1.807, 2.05) is 5.32 Å². The van der Waals surface area contributed by atoms with Gasteiger partial charge in [0.05, 0.1) is 12.5 Å². The highest BCUT2D eigenvalue weighted by atomic mass is 19.4. The summed E-state index contributed by atoms with van der Waals surface area (Å²) in [5.74, 6) is -1.20. The Balaban J connectivity index is 2.04. The summed E-state index contributed by atoms with van der Waals surface area (Å²) in [4.78, 5) is 21.8.